The summed E-state index contributed by atoms with van der Waals surface area (Å²) >= 11 is 0. The first-order chi connectivity index (χ1) is 9.63. The molecule has 2 amide bonds. The number of aromatic nitrogens is 2. The normalized spacial score (nSPS) is 18.9. The molecule has 1 aliphatic heterocycles. The van der Waals surface area contributed by atoms with Crippen LogP contribution in [0.25, 0.3) is 11.0 Å². The van der Waals surface area contributed by atoms with Crippen LogP contribution in [0.2, 0.25) is 0 Å². The van der Waals surface area contributed by atoms with E-state index in [-0.39, 0.29) is 24.2 Å². The maximum absolute atomic E-state index is 11.8. The first kappa shape index (κ1) is 12.7. The van der Waals surface area contributed by atoms with Crippen molar-refractivity contribution in [3.63, 3.8) is 0 Å². The smallest absolute Gasteiger partial charge is 0.223 e. The molecule has 0 saturated carbocycles. The Kier molecular flexibility index (Phi) is 3.14. The number of nitrogens with zero attached hydrogens (tertiary/aromatic N) is 2. The van der Waals surface area contributed by atoms with E-state index in [0.717, 1.165) is 23.0 Å². The van der Waals surface area contributed by atoms with Crippen LogP contribution in [0, 0.1) is 5.92 Å². The van der Waals surface area contributed by atoms with E-state index in [1.165, 1.54) is 0 Å². The van der Waals surface area contributed by atoms with Crippen molar-refractivity contribution in [2.45, 2.75) is 12.8 Å². The summed E-state index contributed by atoms with van der Waals surface area (Å²) in [5.41, 5.74) is 8.31. The summed E-state index contributed by atoms with van der Waals surface area (Å²) in [7, 11) is 0. The van der Waals surface area contributed by atoms with Crippen LogP contribution >= 0.6 is 0 Å². The molecule has 2 aromatic rings. The summed E-state index contributed by atoms with van der Waals surface area (Å²) in [6.07, 6.45) is 2.66. The van der Waals surface area contributed by atoms with E-state index in [1.54, 1.807) is 11.2 Å². The van der Waals surface area contributed by atoms with Gasteiger partial charge in [0.25, 0.3) is 0 Å². The number of imidazole rings is 1. The van der Waals surface area contributed by atoms with E-state index in [9.17, 15) is 9.59 Å². The number of hydrogen-bond donors (Lipinski definition) is 2. The van der Waals surface area contributed by atoms with Crippen molar-refractivity contribution in [1.29, 1.82) is 0 Å². The highest BCUT2D eigenvalue weighted by Crippen LogP contribution is 2.18. The van der Waals surface area contributed by atoms with Gasteiger partial charge in [-0.25, -0.2) is 4.98 Å². The molecular weight excluding hydrogens is 256 g/mol. The fraction of sp³-hybridized carbons (Fsp3) is 0.357. The van der Waals surface area contributed by atoms with Crippen LogP contribution in [0.3, 0.4) is 0 Å². The molecule has 6 nitrogen and oxygen atoms in total. The lowest BCUT2D eigenvalue weighted by atomic mass is 10.1. The Morgan fingerprint density at radius 1 is 1.50 bits per heavy atom. The van der Waals surface area contributed by atoms with Gasteiger partial charge in [-0.3, -0.25) is 9.59 Å². The number of primary amides is 1. The molecule has 1 aromatic carbocycles. The minimum atomic E-state index is -0.389. The molecule has 0 bridgehead atoms. The third-order valence-corrected chi connectivity index (χ3v) is 3.77. The Hall–Kier alpha value is -2.37. The van der Waals surface area contributed by atoms with Gasteiger partial charge in [-0.15, -0.1) is 0 Å². The van der Waals surface area contributed by atoms with E-state index < -0.39 is 0 Å². The molecule has 1 saturated heterocycles. The third kappa shape index (κ3) is 2.36. The average Bonchev–Trinajstić information content (AvgIpc) is 3.02. The number of aromatic amines is 1. The number of carbonyl (C=O) groups is 2. The average molecular weight is 272 g/mol. The van der Waals surface area contributed by atoms with E-state index >= 15 is 0 Å². The fourth-order valence-electron chi connectivity index (χ4n) is 2.58. The first-order valence-electron chi connectivity index (χ1n) is 6.62. The predicted octanol–water partition coefficient (Wildman–Crippen LogP) is 0.439. The Morgan fingerprint density at radius 3 is 3.10 bits per heavy atom. The molecule has 3 N–H and O–H groups in total. The number of nitrogens with two attached hydrogens (primary N) is 1. The molecule has 6 heteroatoms. The second kappa shape index (κ2) is 4.96. The summed E-state index contributed by atoms with van der Waals surface area (Å²) in [4.78, 5) is 31.8. The molecule has 0 radical (unpaired) electrons. The zero-order valence-electron chi connectivity index (χ0n) is 11.0. The number of likely N-dealkylation sites (tertiary alicyclic amines) is 1. The number of amides is 2. The number of rotatable bonds is 4. The van der Waals surface area contributed by atoms with Crippen molar-refractivity contribution in [3.05, 3.63) is 30.1 Å². The topological polar surface area (TPSA) is 92.1 Å². The third-order valence-electron chi connectivity index (χ3n) is 3.77. The van der Waals surface area contributed by atoms with Crippen LogP contribution in [-0.4, -0.2) is 39.8 Å². The molecular formula is C14H16N4O2. The van der Waals surface area contributed by atoms with Gasteiger partial charge in [0.15, 0.2) is 0 Å². The van der Waals surface area contributed by atoms with Gasteiger partial charge >= 0.3 is 0 Å². The molecule has 1 aromatic heterocycles. The predicted molar refractivity (Wildman–Crippen MR) is 73.7 cm³/mol. The monoisotopic (exact) mass is 272 g/mol. The number of carbonyl (C=O) groups excluding carboxylic acids is 2. The van der Waals surface area contributed by atoms with Crippen LogP contribution in [-0.2, 0) is 16.0 Å². The quantitative estimate of drug-likeness (QED) is 0.845. The molecule has 0 spiro atoms. The standard InChI is InChI=1S/C14H16N4O2/c15-14(20)10-6-13(19)18(7-10)4-3-9-1-2-11-12(5-9)17-8-16-11/h1-2,5,8,10H,3-4,6-7H2,(H2,15,20)(H,16,17). The maximum atomic E-state index is 11.8. The van der Waals surface area contributed by atoms with Crippen molar-refractivity contribution < 1.29 is 9.59 Å². The number of fused-ring (bicyclic) bond motifs is 1. The van der Waals surface area contributed by atoms with E-state index in [4.69, 9.17) is 5.73 Å². The van der Waals surface area contributed by atoms with Crippen LogP contribution in [0.1, 0.15) is 12.0 Å². The van der Waals surface area contributed by atoms with Crippen LogP contribution < -0.4 is 5.73 Å². The molecule has 1 unspecified atom stereocenters. The number of H-pyrrole nitrogens is 1. The van der Waals surface area contributed by atoms with Crippen LogP contribution in [0.5, 0.6) is 0 Å². The lowest BCUT2D eigenvalue weighted by Gasteiger charge is -2.15. The Balaban J connectivity index is 1.64. The molecule has 0 aliphatic carbocycles. The lowest BCUT2D eigenvalue weighted by Crippen LogP contribution is -2.30. The summed E-state index contributed by atoms with van der Waals surface area (Å²) in [5, 5.41) is 0. The van der Waals surface area contributed by atoms with Gasteiger partial charge in [-0.2, -0.15) is 0 Å². The number of nitrogens with one attached hydrogen (secondary N) is 1. The van der Waals surface area contributed by atoms with Crippen LogP contribution in [0.4, 0.5) is 0 Å². The van der Waals surface area contributed by atoms with Gasteiger partial charge in [0.1, 0.15) is 0 Å². The van der Waals surface area contributed by atoms with Crippen molar-refractivity contribution in [2.75, 3.05) is 13.1 Å². The second-order valence-corrected chi connectivity index (χ2v) is 5.15. The molecule has 1 aliphatic rings. The summed E-state index contributed by atoms with van der Waals surface area (Å²) in [6, 6.07) is 6.00. The molecule has 3 rings (SSSR count). The molecule has 2 heterocycles. The van der Waals surface area contributed by atoms with E-state index in [1.807, 2.05) is 18.2 Å². The van der Waals surface area contributed by atoms with Gasteiger partial charge < -0.3 is 15.6 Å². The largest absolute Gasteiger partial charge is 0.369 e. The zero-order valence-corrected chi connectivity index (χ0v) is 11.0. The lowest BCUT2D eigenvalue weighted by molar-refractivity contribution is -0.128. The van der Waals surface area contributed by atoms with Gasteiger partial charge in [0.2, 0.25) is 11.8 Å². The molecule has 1 fully saturated rings. The summed E-state index contributed by atoms with van der Waals surface area (Å²) in [5.74, 6) is -0.714. The first-order valence-corrected chi connectivity index (χ1v) is 6.62. The fourth-order valence-corrected chi connectivity index (χ4v) is 2.58. The van der Waals surface area contributed by atoms with Crippen molar-refractivity contribution in [1.82, 2.24) is 14.9 Å². The minimum Gasteiger partial charge on any atom is -0.369 e. The van der Waals surface area contributed by atoms with Gasteiger partial charge in [0, 0.05) is 19.5 Å². The van der Waals surface area contributed by atoms with Gasteiger partial charge in [-0.1, -0.05) is 6.07 Å². The van der Waals surface area contributed by atoms with E-state index in [2.05, 4.69) is 9.97 Å². The van der Waals surface area contributed by atoms with Crippen molar-refractivity contribution in [2.24, 2.45) is 11.7 Å². The summed E-state index contributed by atoms with van der Waals surface area (Å²) < 4.78 is 0. The number of benzene rings is 1. The Morgan fingerprint density at radius 2 is 2.35 bits per heavy atom. The molecule has 1 atom stereocenters. The maximum Gasteiger partial charge on any atom is 0.223 e. The van der Waals surface area contributed by atoms with Crippen molar-refractivity contribution >= 4 is 22.8 Å². The highest BCUT2D eigenvalue weighted by Gasteiger charge is 2.32. The highest BCUT2D eigenvalue weighted by molar-refractivity contribution is 5.88. The SMILES string of the molecule is NC(=O)C1CC(=O)N(CCc2ccc3nc[nH]c3c2)C1. The Bertz CT molecular complexity index is 664. The highest BCUT2D eigenvalue weighted by atomic mass is 16.2. The van der Waals surface area contributed by atoms with Gasteiger partial charge in [0.05, 0.1) is 23.3 Å². The number of hydrogen-bond acceptors (Lipinski definition) is 3. The van der Waals surface area contributed by atoms with Crippen LogP contribution in [0.15, 0.2) is 24.5 Å². The summed E-state index contributed by atoms with van der Waals surface area (Å²) in [6.45, 7) is 1.06. The minimum absolute atomic E-state index is 0.0106. The van der Waals surface area contributed by atoms with Gasteiger partial charge in [-0.05, 0) is 24.1 Å². The molecule has 104 valence electrons. The van der Waals surface area contributed by atoms with E-state index in [0.29, 0.717) is 13.1 Å². The second-order valence-electron chi connectivity index (χ2n) is 5.15. The van der Waals surface area contributed by atoms with Crippen molar-refractivity contribution in [3.8, 4) is 0 Å². The zero-order chi connectivity index (χ0) is 14.1. The molecule has 20 heavy (non-hydrogen) atoms. The Labute approximate surface area is 116 Å².